The molecule has 1 saturated carbocycles. The minimum absolute atomic E-state index is 0.121. The number of aliphatic carboxylic acids is 1. The van der Waals surface area contributed by atoms with E-state index in [1.54, 1.807) is 6.07 Å². The maximum absolute atomic E-state index is 13.2. The van der Waals surface area contributed by atoms with Crippen LogP contribution >= 0.6 is 0 Å². The number of halogens is 1. The Morgan fingerprint density at radius 3 is 2.83 bits per heavy atom. The van der Waals surface area contributed by atoms with Gasteiger partial charge in [-0.25, -0.2) is 4.39 Å². The lowest BCUT2D eigenvalue weighted by Crippen LogP contribution is -2.15. The molecule has 0 aliphatic heterocycles. The highest BCUT2D eigenvalue weighted by molar-refractivity contribution is 5.80. The Labute approximate surface area is 104 Å². The lowest BCUT2D eigenvalue weighted by atomic mass is 10.0. The van der Waals surface area contributed by atoms with Gasteiger partial charge in [-0.1, -0.05) is 0 Å². The molecule has 0 saturated heterocycles. The molecule has 0 amide bonds. The van der Waals surface area contributed by atoms with Crippen molar-refractivity contribution < 1.29 is 14.3 Å². The first-order valence-electron chi connectivity index (χ1n) is 6.04. The van der Waals surface area contributed by atoms with Crippen molar-refractivity contribution in [3.05, 3.63) is 36.3 Å². The van der Waals surface area contributed by atoms with E-state index in [-0.39, 0.29) is 17.7 Å². The SMILES string of the molecule is O=C(O)CC1(Cn2ccc3ccc(F)cc32)CC1. The van der Waals surface area contributed by atoms with Gasteiger partial charge in [0, 0.05) is 12.7 Å². The zero-order valence-corrected chi connectivity index (χ0v) is 9.90. The summed E-state index contributed by atoms with van der Waals surface area (Å²) >= 11 is 0. The Bertz CT molecular complexity index is 613. The van der Waals surface area contributed by atoms with Crippen LogP contribution in [0.25, 0.3) is 10.9 Å². The minimum Gasteiger partial charge on any atom is -0.481 e. The lowest BCUT2D eigenvalue weighted by molar-refractivity contribution is -0.138. The summed E-state index contributed by atoms with van der Waals surface area (Å²) in [5.41, 5.74) is 0.719. The number of nitrogens with zero attached hydrogens (tertiary/aromatic N) is 1. The van der Waals surface area contributed by atoms with Crippen LogP contribution in [0.2, 0.25) is 0 Å². The standard InChI is InChI=1S/C14H14FNO2/c15-11-2-1-10-3-6-16(12(10)7-11)9-14(4-5-14)8-13(17)18/h1-3,6-7H,4-5,8-9H2,(H,17,18). The van der Waals surface area contributed by atoms with Gasteiger partial charge in [-0.15, -0.1) is 0 Å². The highest BCUT2D eigenvalue weighted by atomic mass is 19.1. The van der Waals surface area contributed by atoms with E-state index >= 15 is 0 Å². The number of carboxylic acid groups (broad SMARTS) is 1. The number of carboxylic acids is 1. The molecule has 3 nitrogen and oxygen atoms in total. The Morgan fingerprint density at radius 2 is 2.17 bits per heavy atom. The zero-order chi connectivity index (χ0) is 12.8. The quantitative estimate of drug-likeness (QED) is 0.902. The molecule has 4 heteroatoms. The summed E-state index contributed by atoms with van der Waals surface area (Å²) in [5.74, 6) is -1.01. The van der Waals surface area contributed by atoms with Crippen LogP contribution in [-0.4, -0.2) is 15.6 Å². The molecule has 1 aromatic heterocycles. The molecule has 2 aromatic rings. The van der Waals surface area contributed by atoms with Crippen LogP contribution in [0.1, 0.15) is 19.3 Å². The first kappa shape index (κ1) is 11.3. The second kappa shape index (κ2) is 3.83. The third-order valence-corrected chi connectivity index (χ3v) is 3.73. The fourth-order valence-corrected chi connectivity index (χ4v) is 2.54. The Kier molecular flexibility index (Phi) is 2.40. The molecule has 1 aliphatic carbocycles. The van der Waals surface area contributed by atoms with E-state index in [9.17, 15) is 9.18 Å². The van der Waals surface area contributed by atoms with E-state index in [0.29, 0.717) is 6.54 Å². The van der Waals surface area contributed by atoms with Gasteiger partial charge in [-0.2, -0.15) is 0 Å². The molecule has 94 valence electrons. The van der Waals surface area contributed by atoms with E-state index in [2.05, 4.69) is 0 Å². The maximum atomic E-state index is 13.2. The molecular formula is C14H14FNO2. The van der Waals surface area contributed by atoms with E-state index in [1.165, 1.54) is 12.1 Å². The number of fused-ring (bicyclic) bond motifs is 1. The summed E-state index contributed by atoms with van der Waals surface area (Å²) in [6.07, 6.45) is 3.98. The molecule has 0 unspecified atom stereocenters. The van der Waals surface area contributed by atoms with Crippen molar-refractivity contribution >= 4 is 16.9 Å². The molecule has 3 rings (SSSR count). The fourth-order valence-electron chi connectivity index (χ4n) is 2.54. The Morgan fingerprint density at radius 1 is 1.39 bits per heavy atom. The predicted octanol–water partition coefficient (Wildman–Crippen LogP) is 3.04. The second-order valence-corrected chi connectivity index (χ2v) is 5.22. The van der Waals surface area contributed by atoms with E-state index in [1.807, 2.05) is 16.8 Å². The molecular weight excluding hydrogens is 233 g/mol. The minimum atomic E-state index is -0.754. The number of benzene rings is 1. The van der Waals surface area contributed by atoms with Gasteiger partial charge in [0.1, 0.15) is 5.82 Å². The topological polar surface area (TPSA) is 42.2 Å². The first-order valence-corrected chi connectivity index (χ1v) is 6.04. The molecule has 1 heterocycles. The Hall–Kier alpha value is -1.84. The third kappa shape index (κ3) is 1.98. The van der Waals surface area contributed by atoms with Crippen LogP contribution in [-0.2, 0) is 11.3 Å². The van der Waals surface area contributed by atoms with E-state index < -0.39 is 5.97 Å². The molecule has 1 N–H and O–H groups in total. The third-order valence-electron chi connectivity index (χ3n) is 3.73. The predicted molar refractivity (Wildman–Crippen MR) is 65.8 cm³/mol. The largest absolute Gasteiger partial charge is 0.481 e. The van der Waals surface area contributed by atoms with Crippen molar-refractivity contribution in [3.63, 3.8) is 0 Å². The summed E-state index contributed by atoms with van der Waals surface area (Å²) in [6.45, 7) is 0.659. The maximum Gasteiger partial charge on any atom is 0.303 e. The van der Waals surface area contributed by atoms with Gasteiger partial charge < -0.3 is 9.67 Å². The number of hydrogen-bond acceptors (Lipinski definition) is 1. The number of hydrogen-bond donors (Lipinski definition) is 1. The van der Waals surface area contributed by atoms with Crippen LogP contribution in [0.3, 0.4) is 0 Å². The van der Waals surface area contributed by atoms with Gasteiger partial charge in [0.15, 0.2) is 0 Å². The average Bonchev–Trinajstić information content (AvgIpc) is 2.93. The molecule has 1 aliphatic rings. The monoisotopic (exact) mass is 247 g/mol. The number of carbonyl (C=O) groups is 1. The van der Waals surface area contributed by atoms with Crippen LogP contribution in [0.4, 0.5) is 4.39 Å². The van der Waals surface area contributed by atoms with Crippen molar-refractivity contribution in [2.75, 3.05) is 0 Å². The van der Waals surface area contributed by atoms with Crippen LogP contribution in [0.15, 0.2) is 30.5 Å². The van der Waals surface area contributed by atoms with Crippen molar-refractivity contribution in [3.8, 4) is 0 Å². The summed E-state index contributed by atoms with van der Waals surface area (Å²) in [7, 11) is 0. The molecule has 0 spiro atoms. The van der Waals surface area contributed by atoms with E-state index in [0.717, 1.165) is 23.7 Å². The molecule has 1 fully saturated rings. The molecule has 1 aromatic carbocycles. The molecule has 0 atom stereocenters. The first-order chi connectivity index (χ1) is 8.58. The van der Waals surface area contributed by atoms with Gasteiger partial charge in [-0.05, 0) is 47.9 Å². The fraction of sp³-hybridized carbons (Fsp3) is 0.357. The van der Waals surface area contributed by atoms with Crippen molar-refractivity contribution in [1.82, 2.24) is 4.57 Å². The van der Waals surface area contributed by atoms with Crippen LogP contribution in [0, 0.1) is 11.2 Å². The second-order valence-electron chi connectivity index (χ2n) is 5.22. The van der Waals surface area contributed by atoms with Crippen LogP contribution in [0.5, 0.6) is 0 Å². The Balaban J connectivity index is 1.91. The summed E-state index contributed by atoms with van der Waals surface area (Å²) < 4.78 is 15.2. The number of aromatic nitrogens is 1. The van der Waals surface area contributed by atoms with E-state index in [4.69, 9.17) is 5.11 Å². The summed E-state index contributed by atoms with van der Waals surface area (Å²) in [6, 6.07) is 6.63. The smallest absolute Gasteiger partial charge is 0.303 e. The zero-order valence-electron chi connectivity index (χ0n) is 9.90. The number of rotatable bonds is 4. The summed E-state index contributed by atoms with van der Waals surface area (Å²) in [4.78, 5) is 10.8. The van der Waals surface area contributed by atoms with Crippen molar-refractivity contribution in [1.29, 1.82) is 0 Å². The highest BCUT2D eigenvalue weighted by Crippen LogP contribution is 2.50. The van der Waals surface area contributed by atoms with Gasteiger partial charge in [0.2, 0.25) is 0 Å². The molecule has 0 radical (unpaired) electrons. The molecule has 18 heavy (non-hydrogen) atoms. The van der Waals surface area contributed by atoms with Gasteiger partial charge in [0.05, 0.1) is 11.9 Å². The van der Waals surface area contributed by atoms with Gasteiger partial charge >= 0.3 is 5.97 Å². The van der Waals surface area contributed by atoms with Crippen molar-refractivity contribution in [2.24, 2.45) is 5.41 Å². The van der Waals surface area contributed by atoms with Crippen molar-refractivity contribution in [2.45, 2.75) is 25.8 Å². The van der Waals surface area contributed by atoms with Gasteiger partial charge in [0.25, 0.3) is 0 Å². The lowest BCUT2D eigenvalue weighted by Gasteiger charge is -2.14. The molecule has 0 bridgehead atoms. The normalized spacial score (nSPS) is 16.9. The summed E-state index contributed by atoms with van der Waals surface area (Å²) in [5, 5.41) is 9.89. The average molecular weight is 247 g/mol. The highest BCUT2D eigenvalue weighted by Gasteiger charge is 2.44. The van der Waals surface area contributed by atoms with Crippen LogP contribution < -0.4 is 0 Å². The van der Waals surface area contributed by atoms with Gasteiger partial charge in [-0.3, -0.25) is 4.79 Å².